The van der Waals surface area contributed by atoms with Gasteiger partial charge in [-0.25, -0.2) is 9.99 Å². The number of hydrazone groups is 1. The Morgan fingerprint density at radius 2 is 1.84 bits per heavy atom. The number of carbonyl (C=O) groups is 3. The zero-order valence-electron chi connectivity index (χ0n) is 17.9. The van der Waals surface area contributed by atoms with Crippen LogP contribution in [-0.4, -0.2) is 54.7 Å². The number of hydrazine groups is 1. The van der Waals surface area contributed by atoms with Gasteiger partial charge in [0.25, 0.3) is 11.8 Å². The minimum atomic E-state index is -0.556. The van der Waals surface area contributed by atoms with E-state index in [4.69, 9.17) is 4.74 Å². The molecule has 0 radical (unpaired) electrons. The zero-order valence-corrected chi connectivity index (χ0v) is 18.7. The molecular weight excluding hydrogens is 432 g/mol. The fraction of sp³-hybridized carbons (Fsp3) is 0.381. The molecule has 0 atom stereocenters. The maximum absolute atomic E-state index is 12.6. The number of nitrogens with one attached hydrogen (secondary N) is 2. The Kier molecular flexibility index (Phi) is 6.47. The average molecular weight is 457 g/mol. The lowest BCUT2D eigenvalue weighted by Gasteiger charge is -2.26. The summed E-state index contributed by atoms with van der Waals surface area (Å²) in [4.78, 5) is 44.5. The number of anilines is 2. The third-order valence-corrected chi connectivity index (χ3v) is 6.32. The number of thiazole rings is 1. The van der Waals surface area contributed by atoms with Crippen LogP contribution in [0.15, 0.2) is 29.4 Å². The van der Waals surface area contributed by atoms with Crippen LogP contribution in [0.25, 0.3) is 0 Å². The van der Waals surface area contributed by atoms with Gasteiger partial charge in [0.2, 0.25) is 5.91 Å². The lowest BCUT2D eigenvalue weighted by atomic mass is 10.1. The number of benzene rings is 1. The van der Waals surface area contributed by atoms with E-state index in [1.54, 1.807) is 13.0 Å². The van der Waals surface area contributed by atoms with Gasteiger partial charge in [-0.2, -0.15) is 5.10 Å². The molecule has 10 nitrogen and oxygen atoms in total. The lowest BCUT2D eigenvalue weighted by molar-refractivity contribution is -0.119. The van der Waals surface area contributed by atoms with Crippen LogP contribution in [0, 0.1) is 13.8 Å². The van der Waals surface area contributed by atoms with Crippen molar-refractivity contribution >= 4 is 45.6 Å². The number of amides is 3. The second kappa shape index (κ2) is 9.45. The highest BCUT2D eigenvalue weighted by Gasteiger charge is 2.26. The quantitative estimate of drug-likeness (QED) is 0.675. The molecular formula is C21H24N6O4S. The van der Waals surface area contributed by atoms with E-state index < -0.39 is 11.8 Å². The summed E-state index contributed by atoms with van der Waals surface area (Å²) in [6, 6.07) is 7.32. The fourth-order valence-electron chi connectivity index (χ4n) is 3.40. The maximum Gasteiger partial charge on any atom is 0.285 e. The van der Waals surface area contributed by atoms with Crippen LogP contribution in [-0.2, 0) is 14.3 Å². The third-order valence-electron chi connectivity index (χ3n) is 5.10. The van der Waals surface area contributed by atoms with Crippen molar-refractivity contribution in [3.63, 3.8) is 0 Å². The molecule has 11 heteroatoms. The molecule has 2 aliphatic heterocycles. The van der Waals surface area contributed by atoms with Crippen LogP contribution in [0.3, 0.4) is 0 Å². The summed E-state index contributed by atoms with van der Waals surface area (Å²) >= 11 is 1.27. The van der Waals surface area contributed by atoms with E-state index in [1.807, 2.05) is 25.1 Å². The first-order valence-electron chi connectivity index (χ1n) is 10.3. The van der Waals surface area contributed by atoms with Crippen LogP contribution in [0.1, 0.15) is 33.8 Å². The fourth-order valence-corrected chi connectivity index (χ4v) is 4.42. The maximum atomic E-state index is 12.6. The predicted molar refractivity (Wildman–Crippen MR) is 121 cm³/mol. The first-order valence-corrected chi connectivity index (χ1v) is 11.1. The lowest BCUT2D eigenvalue weighted by Crippen LogP contribution is -2.47. The Labute approximate surface area is 189 Å². The third kappa shape index (κ3) is 4.78. The Morgan fingerprint density at radius 1 is 1.09 bits per heavy atom. The zero-order chi connectivity index (χ0) is 22.7. The number of aromatic nitrogens is 1. The van der Waals surface area contributed by atoms with Gasteiger partial charge in [0, 0.05) is 25.9 Å². The Hall–Kier alpha value is -3.31. The average Bonchev–Trinajstić information content (AvgIpc) is 3.20. The minimum absolute atomic E-state index is 0.158. The molecule has 2 aromatic rings. The second-order valence-electron chi connectivity index (χ2n) is 7.51. The molecule has 1 fully saturated rings. The Bertz CT molecular complexity index is 1080. The largest absolute Gasteiger partial charge is 0.378 e. The Balaban J connectivity index is 1.41. The van der Waals surface area contributed by atoms with E-state index >= 15 is 0 Å². The number of hydrogen-bond acceptors (Lipinski definition) is 8. The van der Waals surface area contributed by atoms with E-state index in [0.29, 0.717) is 29.5 Å². The van der Waals surface area contributed by atoms with Gasteiger partial charge in [-0.3, -0.25) is 25.2 Å². The summed E-state index contributed by atoms with van der Waals surface area (Å²) < 4.78 is 5.35. The number of morpholine rings is 1. The van der Waals surface area contributed by atoms with Crippen molar-refractivity contribution in [1.82, 2.24) is 15.8 Å². The summed E-state index contributed by atoms with van der Waals surface area (Å²) in [6.07, 6.45) is 0.356. The van der Waals surface area contributed by atoms with Gasteiger partial charge in [0.1, 0.15) is 10.6 Å². The molecule has 1 saturated heterocycles. The van der Waals surface area contributed by atoms with Crippen molar-refractivity contribution in [1.29, 1.82) is 0 Å². The van der Waals surface area contributed by atoms with E-state index in [1.165, 1.54) is 16.3 Å². The Morgan fingerprint density at radius 3 is 2.59 bits per heavy atom. The van der Waals surface area contributed by atoms with E-state index in [9.17, 15) is 14.4 Å². The van der Waals surface area contributed by atoms with Crippen LogP contribution in [0.2, 0.25) is 0 Å². The van der Waals surface area contributed by atoms with Crippen molar-refractivity contribution in [3.05, 3.63) is 40.4 Å². The van der Waals surface area contributed by atoms with Gasteiger partial charge < -0.3 is 9.64 Å². The molecule has 168 valence electrons. The molecule has 3 amide bonds. The first-order chi connectivity index (χ1) is 15.4. The van der Waals surface area contributed by atoms with Crippen LogP contribution in [0.5, 0.6) is 0 Å². The normalized spacial score (nSPS) is 16.6. The number of carbonyl (C=O) groups excluding carboxylic acids is 3. The molecule has 2 N–H and O–H groups in total. The second-order valence-corrected chi connectivity index (χ2v) is 8.49. The van der Waals surface area contributed by atoms with Crippen molar-refractivity contribution in [3.8, 4) is 0 Å². The molecule has 0 aliphatic carbocycles. The van der Waals surface area contributed by atoms with Crippen molar-refractivity contribution in [2.75, 3.05) is 36.2 Å². The van der Waals surface area contributed by atoms with Gasteiger partial charge in [-0.15, -0.1) is 0 Å². The van der Waals surface area contributed by atoms with Gasteiger partial charge in [0.15, 0.2) is 5.13 Å². The molecule has 0 unspecified atom stereocenters. The van der Waals surface area contributed by atoms with Crippen LogP contribution < -0.4 is 20.8 Å². The number of ether oxygens (including phenoxy) is 1. The molecule has 2 aliphatic rings. The van der Waals surface area contributed by atoms with Crippen LogP contribution >= 0.6 is 11.3 Å². The van der Waals surface area contributed by atoms with E-state index in [2.05, 4.69) is 25.8 Å². The molecule has 3 heterocycles. The summed E-state index contributed by atoms with van der Waals surface area (Å²) in [7, 11) is 0. The molecule has 0 saturated carbocycles. The molecule has 4 rings (SSSR count). The highest BCUT2D eigenvalue weighted by Crippen LogP contribution is 2.26. The topological polar surface area (TPSA) is 116 Å². The number of nitrogens with zero attached hydrogens (tertiary/aromatic N) is 4. The smallest absolute Gasteiger partial charge is 0.285 e. The monoisotopic (exact) mass is 456 g/mol. The summed E-state index contributed by atoms with van der Waals surface area (Å²) in [6.45, 7) is 6.37. The highest BCUT2D eigenvalue weighted by molar-refractivity contribution is 7.17. The van der Waals surface area contributed by atoms with Gasteiger partial charge >= 0.3 is 0 Å². The molecule has 0 spiro atoms. The summed E-state index contributed by atoms with van der Waals surface area (Å²) in [5, 5.41) is 6.20. The number of aryl methyl sites for hydroxylation is 2. The predicted octanol–water partition coefficient (Wildman–Crippen LogP) is 1.54. The SMILES string of the molecule is Cc1cccc(N2N=C(C(=O)NNC(=O)c3sc(N4CCOCC4)nc3C)CCC2=O)c1. The minimum Gasteiger partial charge on any atom is -0.378 e. The summed E-state index contributed by atoms with van der Waals surface area (Å²) in [5.74, 6) is -1.19. The first kappa shape index (κ1) is 21.9. The standard InChI is InChI=1S/C21H24N6O4S/c1-13-4-3-5-15(12-13)27-17(28)7-6-16(25-27)19(29)23-24-20(30)18-14(2)22-21(32-18)26-8-10-31-11-9-26/h3-5,12H,6-11H2,1-2H3,(H,23,29)(H,24,30). The molecule has 0 bridgehead atoms. The van der Waals surface area contributed by atoms with Gasteiger partial charge in [-0.1, -0.05) is 23.5 Å². The molecule has 1 aromatic carbocycles. The molecule has 1 aromatic heterocycles. The van der Waals surface area contributed by atoms with Crippen molar-refractivity contribution in [2.45, 2.75) is 26.7 Å². The van der Waals surface area contributed by atoms with Gasteiger partial charge in [-0.05, 0) is 31.5 Å². The molecule has 32 heavy (non-hydrogen) atoms. The van der Waals surface area contributed by atoms with Gasteiger partial charge in [0.05, 0.1) is 24.6 Å². The van der Waals surface area contributed by atoms with E-state index in [0.717, 1.165) is 23.8 Å². The highest BCUT2D eigenvalue weighted by atomic mass is 32.1. The van der Waals surface area contributed by atoms with Crippen molar-refractivity contribution in [2.24, 2.45) is 5.10 Å². The van der Waals surface area contributed by atoms with E-state index in [-0.39, 0.29) is 24.5 Å². The van der Waals surface area contributed by atoms with Crippen molar-refractivity contribution < 1.29 is 19.1 Å². The van der Waals surface area contributed by atoms with Crippen LogP contribution in [0.4, 0.5) is 10.8 Å². The summed E-state index contributed by atoms with van der Waals surface area (Å²) in [5.41, 5.74) is 7.17. The number of rotatable bonds is 4. The number of hydrogen-bond donors (Lipinski definition) is 2.